The molecule has 0 aliphatic heterocycles. The van der Waals surface area contributed by atoms with Crippen molar-refractivity contribution in [3.8, 4) is 11.8 Å². The van der Waals surface area contributed by atoms with Crippen molar-refractivity contribution in [2.24, 2.45) is 11.7 Å². The molecule has 1 aliphatic rings. The van der Waals surface area contributed by atoms with E-state index in [1.807, 2.05) is 13.0 Å². The first-order valence-electron chi connectivity index (χ1n) is 7.20. The van der Waals surface area contributed by atoms with Gasteiger partial charge in [-0.05, 0) is 37.3 Å². The van der Waals surface area contributed by atoms with E-state index in [9.17, 15) is 4.79 Å². The second-order valence-corrected chi connectivity index (χ2v) is 6.62. The maximum Gasteiger partial charge on any atom is 0.261 e. The maximum absolute atomic E-state index is 12.3. The standard InChI is InChI=1S/C16H22N2OS/c1-11-5-3-6-13(9-11)18-16(19)15-10-12(2)14(20-15)7-4-8-17/h10-11,13H,3,5-6,8-9,17H2,1-2H3,(H,18,19). The molecule has 4 heteroatoms. The summed E-state index contributed by atoms with van der Waals surface area (Å²) in [6.07, 6.45) is 4.68. The molecule has 1 fully saturated rings. The molecular formula is C16H22N2OS. The molecule has 3 N–H and O–H groups in total. The summed E-state index contributed by atoms with van der Waals surface area (Å²) in [5.74, 6) is 6.62. The van der Waals surface area contributed by atoms with Crippen LogP contribution in [0.4, 0.5) is 0 Å². The van der Waals surface area contributed by atoms with E-state index in [1.54, 1.807) is 0 Å². The Labute approximate surface area is 124 Å². The Hall–Kier alpha value is -1.31. The third-order valence-corrected chi connectivity index (χ3v) is 4.87. The lowest BCUT2D eigenvalue weighted by atomic mass is 9.87. The Morgan fingerprint density at radius 1 is 1.55 bits per heavy atom. The topological polar surface area (TPSA) is 55.1 Å². The Morgan fingerprint density at radius 2 is 2.35 bits per heavy atom. The molecule has 20 heavy (non-hydrogen) atoms. The van der Waals surface area contributed by atoms with Crippen molar-refractivity contribution in [2.75, 3.05) is 6.54 Å². The van der Waals surface area contributed by atoms with Crippen LogP contribution in [0.1, 0.15) is 52.7 Å². The van der Waals surface area contributed by atoms with E-state index in [1.165, 1.54) is 24.2 Å². The van der Waals surface area contributed by atoms with Gasteiger partial charge in [0, 0.05) is 6.04 Å². The van der Waals surface area contributed by atoms with Crippen molar-refractivity contribution >= 4 is 17.2 Å². The summed E-state index contributed by atoms with van der Waals surface area (Å²) in [5, 5.41) is 3.16. The van der Waals surface area contributed by atoms with Crippen molar-refractivity contribution in [1.29, 1.82) is 0 Å². The first-order valence-corrected chi connectivity index (χ1v) is 8.02. The van der Waals surface area contributed by atoms with E-state index in [-0.39, 0.29) is 5.91 Å². The van der Waals surface area contributed by atoms with Crippen LogP contribution in [-0.2, 0) is 0 Å². The number of rotatable bonds is 2. The molecule has 0 bridgehead atoms. The Balaban J connectivity index is 2.02. The molecule has 1 heterocycles. The van der Waals surface area contributed by atoms with E-state index >= 15 is 0 Å². The number of hydrogen-bond acceptors (Lipinski definition) is 3. The quantitative estimate of drug-likeness (QED) is 0.823. The summed E-state index contributed by atoms with van der Waals surface area (Å²) >= 11 is 1.46. The third kappa shape index (κ3) is 3.84. The lowest BCUT2D eigenvalue weighted by Gasteiger charge is -2.27. The van der Waals surface area contributed by atoms with E-state index in [0.29, 0.717) is 18.5 Å². The van der Waals surface area contributed by atoms with Gasteiger partial charge in [-0.25, -0.2) is 0 Å². The van der Waals surface area contributed by atoms with Crippen LogP contribution in [0.2, 0.25) is 0 Å². The maximum atomic E-state index is 12.3. The van der Waals surface area contributed by atoms with Crippen molar-refractivity contribution < 1.29 is 4.79 Å². The van der Waals surface area contributed by atoms with Crippen LogP contribution in [0, 0.1) is 24.7 Å². The summed E-state index contributed by atoms with van der Waals surface area (Å²) in [5.41, 5.74) is 6.44. The Kier molecular flexibility index (Phi) is 5.22. The van der Waals surface area contributed by atoms with Gasteiger partial charge in [-0.15, -0.1) is 11.3 Å². The first kappa shape index (κ1) is 15.1. The smallest absolute Gasteiger partial charge is 0.261 e. The summed E-state index contributed by atoms with van der Waals surface area (Å²) < 4.78 is 0. The summed E-state index contributed by atoms with van der Waals surface area (Å²) in [6, 6.07) is 2.25. The van der Waals surface area contributed by atoms with Gasteiger partial charge in [0.2, 0.25) is 0 Å². The highest BCUT2D eigenvalue weighted by molar-refractivity contribution is 7.14. The van der Waals surface area contributed by atoms with Crippen LogP contribution < -0.4 is 11.1 Å². The van der Waals surface area contributed by atoms with Gasteiger partial charge in [0.1, 0.15) is 0 Å². The molecule has 3 nitrogen and oxygen atoms in total. The van der Waals surface area contributed by atoms with Gasteiger partial charge in [-0.3, -0.25) is 4.79 Å². The second kappa shape index (κ2) is 6.92. The van der Waals surface area contributed by atoms with Crippen LogP contribution in [0.15, 0.2) is 6.07 Å². The molecule has 1 aromatic heterocycles. The fraction of sp³-hybridized carbons (Fsp3) is 0.562. The van der Waals surface area contributed by atoms with Gasteiger partial charge < -0.3 is 11.1 Å². The molecule has 108 valence electrons. The molecule has 0 aromatic carbocycles. The lowest BCUT2D eigenvalue weighted by Crippen LogP contribution is -2.37. The summed E-state index contributed by atoms with van der Waals surface area (Å²) in [7, 11) is 0. The minimum atomic E-state index is 0.0398. The molecule has 0 radical (unpaired) electrons. The molecular weight excluding hydrogens is 268 g/mol. The minimum absolute atomic E-state index is 0.0398. The number of hydrogen-bond donors (Lipinski definition) is 2. The highest BCUT2D eigenvalue weighted by Crippen LogP contribution is 2.25. The van der Waals surface area contributed by atoms with Crippen LogP contribution in [0.25, 0.3) is 0 Å². The average molecular weight is 290 g/mol. The van der Waals surface area contributed by atoms with Crippen LogP contribution >= 0.6 is 11.3 Å². The molecule has 1 amide bonds. The molecule has 2 unspecified atom stereocenters. The number of carbonyl (C=O) groups excluding carboxylic acids is 1. The number of carbonyl (C=O) groups is 1. The van der Waals surface area contributed by atoms with Crippen molar-refractivity contribution in [2.45, 2.75) is 45.6 Å². The van der Waals surface area contributed by atoms with Crippen LogP contribution in [0.3, 0.4) is 0 Å². The summed E-state index contributed by atoms with van der Waals surface area (Å²) in [4.78, 5) is 14.0. The Morgan fingerprint density at radius 3 is 3.05 bits per heavy atom. The van der Waals surface area contributed by atoms with E-state index in [2.05, 4.69) is 24.1 Å². The average Bonchev–Trinajstić information content (AvgIpc) is 2.78. The van der Waals surface area contributed by atoms with E-state index < -0.39 is 0 Å². The molecule has 1 aromatic rings. The zero-order valence-electron chi connectivity index (χ0n) is 12.2. The number of nitrogens with two attached hydrogens (primary N) is 1. The normalized spacial score (nSPS) is 21.9. The van der Waals surface area contributed by atoms with Crippen LogP contribution in [-0.4, -0.2) is 18.5 Å². The fourth-order valence-electron chi connectivity index (χ4n) is 2.67. The number of nitrogens with one attached hydrogen (secondary N) is 1. The van der Waals surface area contributed by atoms with E-state index in [4.69, 9.17) is 5.73 Å². The predicted molar refractivity (Wildman–Crippen MR) is 83.9 cm³/mol. The van der Waals surface area contributed by atoms with Gasteiger partial charge >= 0.3 is 0 Å². The van der Waals surface area contributed by atoms with E-state index in [0.717, 1.165) is 28.2 Å². The van der Waals surface area contributed by atoms with Crippen LogP contribution in [0.5, 0.6) is 0 Å². The van der Waals surface area contributed by atoms with Crippen molar-refractivity contribution in [3.05, 3.63) is 21.4 Å². The first-order chi connectivity index (χ1) is 9.60. The van der Waals surface area contributed by atoms with Gasteiger partial charge in [0.25, 0.3) is 5.91 Å². The van der Waals surface area contributed by atoms with Gasteiger partial charge in [0.15, 0.2) is 0 Å². The monoisotopic (exact) mass is 290 g/mol. The number of amides is 1. The molecule has 2 atom stereocenters. The number of thiophene rings is 1. The highest BCUT2D eigenvalue weighted by Gasteiger charge is 2.21. The largest absolute Gasteiger partial charge is 0.349 e. The zero-order valence-corrected chi connectivity index (χ0v) is 13.0. The zero-order chi connectivity index (χ0) is 14.5. The van der Waals surface area contributed by atoms with Gasteiger partial charge in [-0.2, -0.15) is 0 Å². The van der Waals surface area contributed by atoms with Crippen molar-refractivity contribution in [1.82, 2.24) is 5.32 Å². The predicted octanol–water partition coefficient (Wildman–Crippen LogP) is 2.68. The Bertz CT molecular complexity index is 538. The van der Waals surface area contributed by atoms with Gasteiger partial charge in [0.05, 0.1) is 16.3 Å². The molecule has 2 rings (SSSR count). The number of aryl methyl sites for hydroxylation is 1. The SMILES string of the molecule is Cc1cc(C(=O)NC2CCCC(C)C2)sc1C#CCN. The molecule has 0 saturated heterocycles. The fourth-order valence-corrected chi connectivity index (χ4v) is 3.62. The third-order valence-electron chi connectivity index (χ3n) is 3.72. The van der Waals surface area contributed by atoms with Gasteiger partial charge in [-0.1, -0.05) is 31.6 Å². The lowest BCUT2D eigenvalue weighted by molar-refractivity contribution is 0.0925. The molecule has 1 aliphatic carbocycles. The second-order valence-electron chi connectivity index (χ2n) is 5.57. The highest BCUT2D eigenvalue weighted by atomic mass is 32.1. The summed E-state index contributed by atoms with van der Waals surface area (Å²) in [6.45, 7) is 4.59. The molecule has 0 spiro atoms. The minimum Gasteiger partial charge on any atom is -0.349 e. The molecule has 1 saturated carbocycles. The van der Waals surface area contributed by atoms with Crippen molar-refractivity contribution in [3.63, 3.8) is 0 Å².